The molecule has 0 amide bonds. The van der Waals surface area contributed by atoms with E-state index in [0.717, 1.165) is 50.2 Å². The summed E-state index contributed by atoms with van der Waals surface area (Å²) in [5.74, 6) is 1.52. The largest absolute Gasteiger partial charge is 0.497 e. The molecule has 4 rings (SSSR count). The van der Waals surface area contributed by atoms with Gasteiger partial charge in [-0.3, -0.25) is 0 Å². The number of esters is 1. The number of hydrogen-bond acceptors (Lipinski definition) is 4. The van der Waals surface area contributed by atoms with Gasteiger partial charge < -0.3 is 19.4 Å². The number of carbonyl (C=O) groups is 1. The van der Waals surface area contributed by atoms with E-state index in [1.807, 2.05) is 6.07 Å². The van der Waals surface area contributed by atoms with Crippen LogP contribution in [-0.4, -0.2) is 49.2 Å². The van der Waals surface area contributed by atoms with E-state index in [4.69, 9.17) is 9.47 Å². The minimum Gasteiger partial charge on any atom is -0.497 e. The van der Waals surface area contributed by atoms with Gasteiger partial charge >= 0.3 is 5.97 Å². The van der Waals surface area contributed by atoms with Crippen molar-refractivity contribution in [1.29, 1.82) is 0 Å². The number of piperidine rings is 1. The minimum atomic E-state index is -0.228. The lowest BCUT2D eigenvalue weighted by atomic mass is 9.58. The van der Waals surface area contributed by atoms with E-state index in [1.165, 1.54) is 16.8 Å². The number of benzene rings is 1. The quantitative estimate of drug-likeness (QED) is 0.693. The van der Waals surface area contributed by atoms with Gasteiger partial charge in [0.05, 0.1) is 13.7 Å². The number of ether oxygens (including phenoxy) is 2. The molecule has 1 aliphatic heterocycles. The van der Waals surface area contributed by atoms with E-state index in [9.17, 15) is 4.79 Å². The molecule has 5 nitrogen and oxygen atoms in total. The van der Waals surface area contributed by atoms with Crippen LogP contribution in [0, 0.1) is 18.8 Å². The molecule has 5 heteroatoms. The second-order valence-corrected chi connectivity index (χ2v) is 9.68. The van der Waals surface area contributed by atoms with Crippen LogP contribution in [0.15, 0.2) is 24.3 Å². The molecule has 0 saturated carbocycles. The van der Waals surface area contributed by atoms with Gasteiger partial charge in [0.1, 0.15) is 11.4 Å². The van der Waals surface area contributed by atoms with Crippen LogP contribution >= 0.6 is 0 Å². The van der Waals surface area contributed by atoms with Crippen LogP contribution < -0.4 is 4.74 Å². The van der Waals surface area contributed by atoms with Gasteiger partial charge in [0.2, 0.25) is 0 Å². The zero-order valence-corrected chi connectivity index (χ0v) is 19.6. The lowest BCUT2D eigenvalue weighted by molar-refractivity contribution is 0.0451. The van der Waals surface area contributed by atoms with Crippen molar-refractivity contribution in [3.8, 4) is 5.75 Å². The van der Waals surface area contributed by atoms with Crippen molar-refractivity contribution in [3.05, 3.63) is 52.3 Å². The summed E-state index contributed by atoms with van der Waals surface area (Å²) < 4.78 is 11.1. The average Bonchev–Trinajstić information content (AvgIpc) is 3.10. The molecule has 1 aliphatic carbocycles. The zero-order chi connectivity index (χ0) is 22.2. The average molecular weight is 425 g/mol. The van der Waals surface area contributed by atoms with E-state index in [1.54, 1.807) is 7.11 Å². The first-order chi connectivity index (χ1) is 14.9. The highest BCUT2D eigenvalue weighted by molar-refractivity contribution is 5.90. The molecule has 1 N–H and O–H groups in total. The van der Waals surface area contributed by atoms with Crippen molar-refractivity contribution < 1.29 is 14.3 Å². The normalized spacial score (nSPS) is 23.4. The Kier molecular flexibility index (Phi) is 6.16. The van der Waals surface area contributed by atoms with Crippen molar-refractivity contribution in [1.82, 2.24) is 9.88 Å². The highest BCUT2D eigenvalue weighted by Gasteiger charge is 2.48. The predicted octanol–water partition coefficient (Wildman–Crippen LogP) is 4.52. The van der Waals surface area contributed by atoms with Crippen LogP contribution in [0.1, 0.15) is 60.1 Å². The fraction of sp³-hybridized carbons (Fsp3) is 0.577. The summed E-state index contributed by atoms with van der Waals surface area (Å²) in [6, 6.07) is 8.60. The van der Waals surface area contributed by atoms with Crippen LogP contribution in [0.5, 0.6) is 5.75 Å². The summed E-state index contributed by atoms with van der Waals surface area (Å²) in [4.78, 5) is 18.8. The number of fused-ring (bicyclic) bond motifs is 2. The lowest BCUT2D eigenvalue weighted by Crippen LogP contribution is -2.53. The SMILES string of the molecule is CCN1CC[C@@]2(c3cccc(OC)c3)Cc3[nH]c(C(=O)OCC(C)C)c(C)c3C[C@@H]2C1. The monoisotopic (exact) mass is 424 g/mol. The Bertz CT molecular complexity index is 948. The van der Waals surface area contributed by atoms with E-state index >= 15 is 0 Å². The molecule has 2 aromatic rings. The molecule has 0 bridgehead atoms. The zero-order valence-electron chi connectivity index (χ0n) is 19.6. The molecule has 168 valence electrons. The number of rotatable bonds is 6. The molecular formula is C26H36N2O3. The van der Waals surface area contributed by atoms with Gasteiger partial charge in [-0.1, -0.05) is 32.9 Å². The van der Waals surface area contributed by atoms with Crippen LogP contribution in [0.2, 0.25) is 0 Å². The Hall–Kier alpha value is -2.27. The first-order valence-electron chi connectivity index (χ1n) is 11.6. The first-order valence-corrected chi connectivity index (χ1v) is 11.6. The third-order valence-corrected chi connectivity index (χ3v) is 7.39. The Labute approximate surface area is 186 Å². The van der Waals surface area contributed by atoms with Gasteiger partial charge in [-0.05, 0) is 79.9 Å². The standard InChI is InChI=1S/C26H36N2O3/c1-6-28-11-10-26(19-8-7-9-21(12-19)30-5)14-23-22(13-20(26)15-28)18(4)24(27-23)25(29)31-16-17(2)3/h7-9,12,17,20,27H,6,10-11,13-16H2,1-5H3/t20-,26+/m1/s1. The third kappa shape index (κ3) is 4.00. The Morgan fingerprint density at radius 2 is 2.16 bits per heavy atom. The smallest absolute Gasteiger partial charge is 0.355 e. The summed E-state index contributed by atoms with van der Waals surface area (Å²) >= 11 is 0. The van der Waals surface area contributed by atoms with Gasteiger partial charge in [-0.15, -0.1) is 0 Å². The highest BCUT2D eigenvalue weighted by Crippen LogP contribution is 2.49. The van der Waals surface area contributed by atoms with Gasteiger partial charge in [-0.25, -0.2) is 4.79 Å². The summed E-state index contributed by atoms with van der Waals surface area (Å²) in [6.07, 6.45) is 3.03. The Balaban J connectivity index is 1.72. The van der Waals surface area contributed by atoms with Crippen LogP contribution in [0.4, 0.5) is 0 Å². The number of nitrogens with zero attached hydrogens (tertiary/aromatic N) is 1. The number of aromatic amines is 1. The van der Waals surface area contributed by atoms with Crippen molar-refractivity contribution in [3.63, 3.8) is 0 Å². The molecule has 1 saturated heterocycles. The van der Waals surface area contributed by atoms with Gasteiger partial charge in [0, 0.05) is 17.7 Å². The summed E-state index contributed by atoms with van der Waals surface area (Å²) in [5.41, 5.74) is 5.64. The summed E-state index contributed by atoms with van der Waals surface area (Å²) in [7, 11) is 1.73. The summed E-state index contributed by atoms with van der Waals surface area (Å²) in [5, 5.41) is 0. The Morgan fingerprint density at radius 3 is 2.87 bits per heavy atom. The van der Waals surface area contributed by atoms with E-state index in [0.29, 0.717) is 24.1 Å². The second-order valence-electron chi connectivity index (χ2n) is 9.68. The molecular weight excluding hydrogens is 388 g/mol. The maximum atomic E-state index is 12.8. The molecule has 1 fully saturated rings. The van der Waals surface area contributed by atoms with E-state index in [-0.39, 0.29) is 11.4 Å². The Morgan fingerprint density at radius 1 is 1.35 bits per heavy atom. The number of methoxy groups -OCH3 is 1. The number of hydrogen-bond donors (Lipinski definition) is 1. The first kappa shape index (κ1) is 21.9. The number of H-pyrrole nitrogens is 1. The predicted molar refractivity (Wildman–Crippen MR) is 123 cm³/mol. The maximum absolute atomic E-state index is 12.8. The van der Waals surface area contributed by atoms with Crippen molar-refractivity contribution in [2.45, 2.75) is 52.4 Å². The second kappa shape index (κ2) is 8.70. The van der Waals surface area contributed by atoms with Crippen LogP contribution in [0.25, 0.3) is 0 Å². The van der Waals surface area contributed by atoms with Crippen molar-refractivity contribution in [2.75, 3.05) is 33.4 Å². The molecule has 2 atom stereocenters. The molecule has 31 heavy (non-hydrogen) atoms. The molecule has 2 heterocycles. The van der Waals surface area contributed by atoms with Crippen molar-refractivity contribution in [2.24, 2.45) is 11.8 Å². The fourth-order valence-corrected chi connectivity index (χ4v) is 5.54. The number of nitrogens with one attached hydrogen (secondary N) is 1. The van der Waals surface area contributed by atoms with Gasteiger partial charge in [0.15, 0.2) is 0 Å². The molecule has 0 spiro atoms. The molecule has 0 radical (unpaired) electrons. The number of likely N-dealkylation sites (tertiary alicyclic amines) is 1. The van der Waals surface area contributed by atoms with Crippen LogP contribution in [-0.2, 0) is 23.0 Å². The highest BCUT2D eigenvalue weighted by atomic mass is 16.5. The maximum Gasteiger partial charge on any atom is 0.355 e. The number of carbonyl (C=O) groups excluding carboxylic acids is 1. The van der Waals surface area contributed by atoms with E-state index < -0.39 is 0 Å². The van der Waals surface area contributed by atoms with Crippen LogP contribution in [0.3, 0.4) is 0 Å². The molecule has 0 unspecified atom stereocenters. The lowest BCUT2D eigenvalue weighted by Gasteiger charge is -2.51. The molecule has 1 aromatic carbocycles. The van der Waals surface area contributed by atoms with Crippen molar-refractivity contribution >= 4 is 5.97 Å². The summed E-state index contributed by atoms with van der Waals surface area (Å²) in [6.45, 7) is 12.1. The third-order valence-electron chi connectivity index (χ3n) is 7.39. The molecule has 1 aromatic heterocycles. The molecule has 2 aliphatic rings. The topological polar surface area (TPSA) is 54.6 Å². The van der Waals surface area contributed by atoms with Gasteiger partial charge in [0.25, 0.3) is 0 Å². The van der Waals surface area contributed by atoms with E-state index in [2.05, 4.69) is 55.8 Å². The fourth-order valence-electron chi connectivity index (χ4n) is 5.54. The number of aromatic nitrogens is 1. The minimum absolute atomic E-state index is 0.0591. The van der Waals surface area contributed by atoms with Gasteiger partial charge in [-0.2, -0.15) is 0 Å².